The molecule has 0 aliphatic rings. The minimum absolute atomic E-state index is 0.0372. The van der Waals surface area contributed by atoms with Gasteiger partial charge in [0, 0.05) is 6.07 Å². The van der Waals surface area contributed by atoms with Crippen LogP contribution in [-0.4, -0.2) is 24.1 Å². The highest BCUT2D eigenvalue weighted by Crippen LogP contribution is 2.24. The van der Waals surface area contributed by atoms with Gasteiger partial charge in [0.15, 0.2) is 10.4 Å². The Bertz CT molecular complexity index is 665. The Morgan fingerprint density at radius 1 is 1.30 bits per heavy atom. The quantitative estimate of drug-likeness (QED) is 0.893. The van der Waals surface area contributed by atoms with Gasteiger partial charge in [-0.1, -0.05) is 0 Å². The highest BCUT2D eigenvalue weighted by atomic mass is 79.9. The molecule has 0 radical (unpaired) electrons. The van der Waals surface area contributed by atoms with Crippen molar-refractivity contribution in [1.82, 2.24) is 0 Å². The first-order valence-electron chi connectivity index (χ1n) is 5.49. The van der Waals surface area contributed by atoms with E-state index >= 15 is 0 Å². The molecule has 6 nitrogen and oxygen atoms in total. The molecule has 20 heavy (non-hydrogen) atoms. The molecule has 2 rings (SSSR count). The van der Waals surface area contributed by atoms with Crippen molar-refractivity contribution < 1.29 is 23.8 Å². The number of nitrogens with one attached hydrogen (secondary N) is 1. The molecule has 2 N–H and O–H groups in total. The normalized spacial score (nSPS) is 10.1. The van der Waals surface area contributed by atoms with E-state index in [1.807, 2.05) is 0 Å². The molecule has 0 saturated carbocycles. The maximum absolute atomic E-state index is 11.9. The third kappa shape index (κ3) is 3.00. The van der Waals surface area contributed by atoms with Gasteiger partial charge in [-0.15, -0.1) is 0 Å². The maximum Gasteiger partial charge on any atom is 0.337 e. The number of amides is 1. The maximum atomic E-state index is 11.9. The summed E-state index contributed by atoms with van der Waals surface area (Å²) >= 11 is 3.09. The molecule has 104 valence electrons. The summed E-state index contributed by atoms with van der Waals surface area (Å²) in [7, 11) is 1.45. The lowest BCUT2D eigenvalue weighted by Gasteiger charge is -2.09. The van der Waals surface area contributed by atoms with Gasteiger partial charge in [0.05, 0.1) is 18.4 Å². The van der Waals surface area contributed by atoms with Crippen molar-refractivity contribution >= 4 is 33.5 Å². The summed E-state index contributed by atoms with van der Waals surface area (Å²) in [6.07, 6.45) is 0. The molecule has 1 heterocycles. The zero-order valence-electron chi connectivity index (χ0n) is 10.3. The van der Waals surface area contributed by atoms with Crippen LogP contribution in [0.2, 0.25) is 0 Å². The van der Waals surface area contributed by atoms with Crippen molar-refractivity contribution in [1.29, 1.82) is 0 Å². The number of halogens is 1. The molecule has 0 saturated heterocycles. The molecular weight excluding hydrogens is 330 g/mol. The predicted octanol–water partition coefficient (Wildman–Crippen LogP) is 3.00. The molecule has 1 aromatic heterocycles. The van der Waals surface area contributed by atoms with Gasteiger partial charge in [-0.3, -0.25) is 4.79 Å². The van der Waals surface area contributed by atoms with Crippen molar-refractivity contribution in [3.8, 4) is 5.75 Å². The second-order valence-corrected chi connectivity index (χ2v) is 4.56. The average Bonchev–Trinajstić information content (AvgIpc) is 2.85. The van der Waals surface area contributed by atoms with Crippen molar-refractivity contribution in [3.05, 3.63) is 46.3 Å². The molecule has 1 aromatic carbocycles. The van der Waals surface area contributed by atoms with Crippen LogP contribution < -0.4 is 10.1 Å². The fourth-order valence-electron chi connectivity index (χ4n) is 1.56. The molecule has 0 aliphatic carbocycles. The van der Waals surface area contributed by atoms with Crippen molar-refractivity contribution in [2.45, 2.75) is 0 Å². The number of benzene rings is 1. The van der Waals surface area contributed by atoms with E-state index in [-0.39, 0.29) is 17.0 Å². The summed E-state index contributed by atoms with van der Waals surface area (Å²) in [5.74, 6) is -1.20. The largest absolute Gasteiger partial charge is 0.497 e. The van der Waals surface area contributed by atoms with E-state index < -0.39 is 11.9 Å². The van der Waals surface area contributed by atoms with E-state index in [9.17, 15) is 9.59 Å². The predicted molar refractivity (Wildman–Crippen MR) is 74.3 cm³/mol. The third-order valence-electron chi connectivity index (χ3n) is 2.50. The average molecular weight is 340 g/mol. The molecule has 2 aromatic rings. The lowest BCUT2D eigenvalue weighted by molar-refractivity contribution is 0.0698. The highest BCUT2D eigenvalue weighted by Gasteiger charge is 2.16. The third-order valence-corrected chi connectivity index (χ3v) is 2.93. The number of ether oxygens (including phenoxy) is 1. The van der Waals surface area contributed by atoms with E-state index in [0.29, 0.717) is 10.4 Å². The van der Waals surface area contributed by atoms with E-state index in [1.54, 1.807) is 6.07 Å². The number of anilines is 1. The first-order valence-corrected chi connectivity index (χ1v) is 6.28. The molecule has 1 amide bonds. The Balaban J connectivity index is 2.31. The highest BCUT2D eigenvalue weighted by molar-refractivity contribution is 9.10. The summed E-state index contributed by atoms with van der Waals surface area (Å²) < 4.78 is 10.5. The molecule has 7 heteroatoms. The van der Waals surface area contributed by atoms with Crippen LogP contribution in [0.25, 0.3) is 0 Å². The van der Waals surface area contributed by atoms with Gasteiger partial charge in [-0.05, 0) is 40.2 Å². The van der Waals surface area contributed by atoms with Gasteiger partial charge >= 0.3 is 5.97 Å². The van der Waals surface area contributed by atoms with Crippen LogP contribution in [0.3, 0.4) is 0 Å². The van der Waals surface area contributed by atoms with Gasteiger partial charge in [-0.2, -0.15) is 0 Å². The van der Waals surface area contributed by atoms with Gasteiger partial charge in [0.2, 0.25) is 0 Å². The monoisotopic (exact) mass is 339 g/mol. The molecule has 0 bridgehead atoms. The van der Waals surface area contributed by atoms with Crippen LogP contribution in [-0.2, 0) is 0 Å². The number of furan rings is 1. The Labute approximate surface area is 122 Å². The number of hydrogen-bond acceptors (Lipinski definition) is 4. The Morgan fingerprint density at radius 2 is 2.05 bits per heavy atom. The lowest BCUT2D eigenvalue weighted by atomic mass is 10.1. The second-order valence-electron chi connectivity index (χ2n) is 3.77. The van der Waals surface area contributed by atoms with Gasteiger partial charge < -0.3 is 19.6 Å². The van der Waals surface area contributed by atoms with Crippen LogP contribution in [0.15, 0.2) is 39.4 Å². The van der Waals surface area contributed by atoms with Gasteiger partial charge in [-0.25, -0.2) is 4.79 Å². The standard InChI is InChI=1S/C13H10BrNO5/c1-19-7-2-3-8(13(17)18)9(6-7)15-12(16)10-4-5-11(14)20-10/h2-6H,1H3,(H,15,16)(H,17,18). The van der Waals surface area contributed by atoms with Crippen LogP contribution in [0, 0.1) is 0 Å². The number of carboxylic acid groups (broad SMARTS) is 1. The van der Waals surface area contributed by atoms with E-state index in [1.165, 1.54) is 31.4 Å². The number of methoxy groups -OCH3 is 1. The Morgan fingerprint density at radius 3 is 2.60 bits per heavy atom. The van der Waals surface area contributed by atoms with Crippen LogP contribution >= 0.6 is 15.9 Å². The van der Waals surface area contributed by atoms with E-state index in [4.69, 9.17) is 14.3 Å². The second kappa shape index (κ2) is 5.79. The minimum atomic E-state index is -1.15. The summed E-state index contributed by atoms with van der Waals surface area (Å²) in [6, 6.07) is 7.33. The van der Waals surface area contributed by atoms with Crippen LogP contribution in [0.1, 0.15) is 20.9 Å². The zero-order valence-corrected chi connectivity index (χ0v) is 11.9. The number of carboxylic acids is 1. The minimum Gasteiger partial charge on any atom is -0.497 e. The van der Waals surface area contributed by atoms with Crippen molar-refractivity contribution in [2.24, 2.45) is 0 Å². The first kappa shape index (κ1) is 14.1. The molecule has 0 spiro atoms. The van der Waals surface area contributed by atoms with E-state index in [0.717, 1.165) is 0 Å². The summed E-state index contributed by atoms with van der Waals surface area (Å²) in [5, 5.41) is 11.6. The number of rotatable bonds is 4. The topological polar surface area (TPSA) is 88.8 Å². The van der Waals surface area contributed by atoms with E-state index in [2.05, 4.69) is 21.2 Å². The Hall–Kier alpha value is -2.28. The fraction of sp³-hybridized carbons (Fsp3) is 0.0769. The molecule has 0 unspecified atom stereocenters. The fourth-order valence-corrected chi connectivity index (χ4v) is 1.87. The van der Waals surface area contributed by atoms with Gasteiger partial charge in [0.1, 0.15) is 5.75 Å². The molecule has 0 aliphatic heterocycles. The first-order chi connectivity index (χ1) is 9.51. The summed E-state index contributed by atoms with van der Waals surface area (Å²) in [4.78, 5) is 23.1. The smallest absolute Gasteiger partial charge is 0.337 e. The molecule has 0 atom stereocenters. The number of aromatic carboxylic acids is 1. The number of carbonyl (C=O) groups is 2. The molecular formula is C13H10BrNO5. The van der Waals surface area contributed by atoms with Crippen molar-refractivity contribution in [2.75, 3.05) is 12.4 Å². The lowest BCUT2D eigenvalue weighted by Crippen LogP contribution is -2.14. The SMILES string of the molecule is COc1ccc(C(=O)O)c(NC(=O)c2ccc(Br)o2)c1. The summed E-state index contributed by atoms with van der Waals surface area (Å²) in [5.41, 5.74) is 0.0964. The molecule has 0 fully saturated rings. The van der Waals surface area contributed by atoms with Crippen LogP contribution in [0.5, 0.6) is 5.75 Å². The zero-order chi connectivity index (χ0) is 14.7. The summed E-state index contributed by atoms with van der Waals surface area (Å²) in [6.45, 7) is 0. The van der Waals surface area contributed by atoms with Crippen LogP contribution in [0.4, 0.5) is 5.69 Å². The number of hydrogen-bond donors (Lipinski definition) is 2. The van der Waals surface area contributed by atoms with Gasteiger partial charge in [0.25, 0.3) is 5.91 Å². The van der Waals surface area contributed by atoms with Crippen molar-refractivity contribution in [3.63, 3.8) is 0 Å². The Kier molecular flexibility index (Phi) is 4.09. The number of carbonyl (C=O) groups excluding carboxylic acids is 1.